The summed E-state index contributed by atoms with van der Waals surface area (Å²) in [6, 6.07) is 31.6. The highest BCUT2D eigenvalue weighted by Crippen LogP contribution is 2.32. The number of benzene rings is 4. The van der Waals surface area contributed by atoms with Crippen LogP contribution < -0.4 is 4.90 Å². The normalized spacial score (nSPS) is 13.2. The van der Waals surface area contributed by atoms with E-state index in [1.807, 2.05) is 54.6 Å². The Hall–Kier alpha value is -3.80. The van der Waals surface area contributed by atoms with Crippen LogP contribution in [-0.2, 0) is 6.54 Å². The predicted molar refractivity (Wildman–Crippen MR) is 153 cm³/mol. The molecule has 0 saturated carbocycles. The van der Waals surface area contributed by atoms with Gasteiger partial charge in [0.15, 0.2) is 0 Å². The van der Waals surface area contributed by atoms with E-state index < -0.39 is 5.97 Å². The lowest BCUT2D eigenvalue weighted by atomic mass is 10.0. The lowest BCUT2D eigenvalue weighted by molar-refractivity contribution is 0.0697. The lowest BCUT2D eigenvalue weighted by Gasteiger charge is -2.25. The standard InChI is InChI=1S/C31H25ClN2O2S/c32-25-14-16-26(17-15-25)37-30-8-4-1-5-23(30)13-18-28-27-6-2-3-7-29(27)34(20-19-33-28)21-22-9-11-24(12-10-22)31(35)36/h1-18H,19-21H2,(H,35,36). The number of hydrogen-bond acceptors (Lipinski definition) is 4. The molecule has 0 aliphatic carbocycles. The number of aromatic carboxylic acids is 1. The first-order chi connectivity index (χ1) is 18.1. The first kappa shape index (κ1) is 24.9. The molecule has 0 fully saturated rings. The van der Waals surface area contributed by atoms with Gasteiger partial charge in [0.25, 0.3) is 0 Å². The summed E-state index contributed by atoms with van der Waals surface area (Å²) in [4.78, 5) is 20.7. The van der Waals surface area contributed by atoms with Gasteiger partial charge in [-0.15, -0.1) is 0 Å². The Balaban J connectivity index is 1.38. The van der Waals surface area contributed by atoms with E-state index in [0.29, 0.717) is 18.7 Å². The van der Waals surface area contributed by atoms with E-state index >= 15 is 0 Å². The van der Waals surface area contributed by atoms with Gasteiger partial charge in [-0.1, -0.05) is 78.0 Å². The van der Waals surface area contributed by atoms with Crippen molar-refractivity contribution in [3.05, 3.63) is 130 Å². The molecule has 5 rings (SSSR count). The molecule has 184 valence electrons. The average molecular weight is 525 g/mol. The highest BCUT2D eigenvalue weighted by atomic mass is 35.5. The quantitative estimate of drug-likeness (QED) is 0.269. The van der Waals surface area contributed by atoms with Gasteiger partial charge in [0.2, 0.25) is 0 Å². The minimum Gasteiger partial charge on any atom is -0.478 e. The Bertz CT molecular complexity index is 1460. The summed E-state index contributed by atoms with van der Waals surface area (Å²) in [5.74, 6) is -0.912. The molecule has 0 bridgehead atoms. The third-order valence-corrected chi connectivity index (χ3v) is 7.48. The van der Waals surface area contributed by atoms with Crippen molar-refractivity contribution in [2.45, 2.75) is 16.3 Å². The number of anilines is 1. The SMILES string of the molecule is O=C(O)c1ccc(CN2CCN=C(C=Cc3ccccc3Sc3ccc(Cl)cc3)c3ccccc32)cc1. The van der Waals surface area contributed by atoms with Crippen molar-refractivity contribution in [3.8, 4) is 0 Å². The van der Waals surface area contributed by atoms with Crippen molar-refractivity contribution in [3.63, 3.8) is 0 Å². The number of carboxylic acids is 1. The molecular formula is C31H25ClN2O2S. The summed E-state index contributed by atoms with van der Waals surface area (Å²) in [7, 11) is 0. The predicted octanol–water partition coefficient (Wildman–Crippen LogP) is 7.71. The first-order valence-corrected chi connectivity index (χ1v) is 13.2. The van der Waals surface area contributed by atoms with E-state index in [-0.39, 0.29) is 0 Å². The molecule has 37 heavy (non-hydrogen) atoms. The summed E-state index contributed by atoms with van der Waals surface area (Å²) in [5, 5.41) is 9.92. The van der Waals surface area contributed by atoms with Crippen LogP contribution >= 0.6 is 23.4 Å². The molecule has 0 amide bonds. The van der Waals surface area contributed by atoms with E-state index in [1.165, 1.54) is 0 Å². The Labute approximate surface area is 225 Å². The fourth-order valence-electron chi connectivity index (χ4n) is 4.25. The monoisotopic (exact) mass is 524 g/mol. The van der Waals surface area contributed by atoms with E-state index in [9.17, 15) is 9.90 Å². The van der Waals surface area contributed by atoms with Crippen LogP contribution in [-0.4, -0.2) is 29.9 Å². The summed E-state index contributed by atoms with van der Waals surface area (Å²) < 4.78 is 0. The first-order valence-electron chi connectivity index (χ1n) is 12.0. The third kappa shape index (κ3) is 6.13. The van der Waals surface area contributed by atoms with Crippen LogP contribution in [0.4, 0.5) is 5.69 Å². The van der Waals surface area contributed by atoms with E-state index in [4.69, 9.17) is 16.6 Å². The summed E-state index contributed by atoms with van der Waals surface area (Å²) in [6.45, 7) is 2.13. The van der Waals surface area contributed by atoms with Crippen LogP contribution in [0.25, 0.3) is 6.08 Å². The molecule has 1 heterocycles. The van der Waals surface area contributed by atoms with Crippen molar-refractivity contribution < 1.29 is 9.90 Å². The minimum atomic E-state index is -0.912. The van der Waals surface area contributed by atoms with Gasteiger partial charge in [0.05, 0.1) is 17.8 Å². The molecule has 0 unspecified atom stereocenters. The maximum atomic E-state index is 11.2. The molecule has 0 radical (unpaired) electrons. The van der Waals surface area contributed by atoms with Gasteiger partial charge in [0, 0.05) is 39.2 Å². The Morgan fingerprint density at radius 3 is 2.43 bits per heavy atom. The minimum absolute atomic E-state index is 0.297. The number of benzodiazepines with no additional fused rings is 1. The smallest absolute Gasteiger partial charge is 0.335 e. The van der Waals surface area contributed by atoms with Crippen molar-refractivity contribution in [1.29, 1.82) is 0 Å². The fraction of sp³-hybridized carbons (Fsp3) is 0.0968. The zero-order chi connectivity index (χ0) is 25.6. The number of para-hydroxylation sites is 1. The molecule has 6 heteroatoms. The highest BCUT2D eigenvalue weighted by molar-refractivity contribution is 7.99. The third-order valence-electron chi connectivity index (χ3n) is 6.13. The second-order valence-corrected chi connectivity index (χ2v) is 10.2. The second kappa shape index (κ2) is 11.5. The maximum absolute atomic E-state index is 11.2. The fourth-order valence-corrected chi connectivity index (χ4v) is 5.30. The van der Waals surface area contributed by atoms with Crippen LogP contribution in [0.5, 0.6) is 0 Å². The number of fused-ring (bicyclic) bond motifs is 1. The number of halogens is 1. The molecule has 0 spiro atoms. The van der Waals surface area contributed by atoms with Crippen molar-refractivity contribution in [2.75, 3.05) is 18.0 Å². The number of allylic oxidation sites excluding steroid dienone is 1. The molecule has 1 aliphatic heterocycles. The van der Waals surface area contributed by atoms with Crippen LogP contribution in [0.1, 0.15) is 27.0 Å². The number of carbonyl (C=O) groups is 1. The second-order valence-electron chi connectivity index (χ2n) is 8.63. The van der Waals surface area contributed by atoms with Gasteiger partial charge in [-0.2, -0.15) is 0 Å². The molecular weight excluding hydrogens is 500 g/mol. The number of rotatable bonds is 7. The van der Waals surface area contributed by atoms with Gasteiger partial charge in [-0.25, -0.2) is 4.79 Å². The molecule has 1 aliphatic rings. The number of nitrogens with zero attached hydrogens (tertiary/aromatic N) is 2. The van der Waals surface area contributed by atoms with E-state index in [0.717, 1.165) is 49.4 Å². The van der Waals surface area contributed by atoms with Gasteiger partial charge < -0.3 is 10.0 Å². The van der Waals surface area contributed by atoms with Gasteiger partial charge in [0.1, 0.15) is 0 Å². The Kier molecular flexibility index (Phi) is 7.73. The topological polar surface area (TPSA) is 52.9 Å². The van der Waals surface area contributed by atoms with Crippen molar-refractivity contribution in [1.82, 2.24) is 0 Å². The molecule has 0 aromatic heterocycles. The van der Waals surface area contributed by atoms with Crippen LogP contribution in [0.3, 0.4) is 0 Å². The maximum Gasteiger partial charge on any atom is 0.335 e. The molecule has 1 N–H and O–H groups in total. The summed E-state index contributed by atoms with van der Waals surface area (Å²) in [6.07, 6.45) is 4.24. The van der Waals surface area contributed by atoms with E-state index in [2.05, 4.69) is 47.4 Å². The van der Waals surface area contributed by atoms with Crippen LogP contribution in [0.15, 0.2) is 118 Å². The van der Waals surface area contributed by atoms with Crippen LogP contribution in [0.2, 0.25) is 5.02 Å². The summed E-state index contributed by atoms with van der Waals surface area (Å²) >= 11 is 7.76. The van der Waals surface area contributed by atoms with E-state index in [1.54, 1.807) is 23.9 Å². The Morgan fingerprint density at radius 2 is 1.65 bits per heavy atom. The van der Waals surface area contributed by atoms with Gasteiger partial charge >= 0.3 is 5.97 Å². The molecule has 0 saturated heterocycles. The Morgan fingerprint density at radius 1 is 0.919 bits per heavy atom. The zero-order valence-corrected chi connectivity index (χ0v) is 21.6. The largest absolute Gasteiger partial charge is 0.478 e. The number of carboxylic acid groups (broad SMARTS) is 1. The lowest BCUT2D eigenvalue weighted by Crippen LogP contribution is -2.25. The van der Waals surface area contributed by atoms with Crippen LogP contribution in [0, 0.1) is 0 Å². The van der Waals surface area contributed by atoms with Crippen molar-refractivity contribution >= 4 is 46.8 Å². The molecule has 4 aromatic carbocycles. The number of hydrogen-bond donors (Lipinski definition) is 1. The summed E-state index contributed by atoms with van der Waals surface area (Å²) in [5.41, 5.74) is 5.64. The molecule has 0 atom stereocenters. The number of aliphatic imine (C=N–C) groups is 1. The average Bonchev–Trinajstić information content (AvgIpc) is 3.09. The highest BCUT2D eigenvalue weighted by Gasteiger charge is 2.17. The molecule has 4 aromatic rings. The van der Waals surface area contributed by atoms with Gasteiger partial charge in [-0.3, -0.25) is 4.99 Å². The van der Waals surface area contributed by atoms with Gasteiger partial charge in [-0.05, 0) is 65.7 Å². The molecule has 4 nitrogen and oxygen atoms in total. The van der Waals surface area contributed by atoms with Crippen molar-refractivity contribution in [2.24, 2.45) is 4.99 Å². The zero-order valence-electron chi connectivity index (χ0n) is 20.0.